The monoisotopic (exact) mass is 406 g/mol. The number of hydrogen-bond acceptors (Lipinski definition) is 8. The van der Waals surface area contributed by atoms with Gasteiger partial charge in [0.2, 0.25) is 0 Å². The van der Waals surface area contributed by atoms with Crippen LogP contribution in [0.15, 0.2) is 0 Å². The van der Waals surface area contributed by atoms with Crippen LogP contribution in [0.5, 0.6) is 0 Å². The zero-order valence-electron chi connectivity index (χ0n) is 17.4. The van der Waals surface area contributed by atoms with Crippen LogP contribution in [0, 0.1) is 12.8 Å². The number of fused-ring (bicyclic) bond motifs is 1. The number of thiophene rings is 1. The fourth-order valence-corrected chi connectivity index (χ4v) is 4.18. The Morgan fingerprint density at radius 3 is 2.64 bits per heavy atom. The van der Waals surface area contributed by atoms with Gasteiger partial charge in [-0.15, -0.1) is 11.3 Å². The SMILES string of the molecule is CCOC(=O)c1sc2nc(CN3CCOCC3)nc(N[C@@H](C)C(C)C)c2c1C. The molecule has 154 valence electrons. The molecule has 1 aliphatic rings. The lowest BCUT2D eigenvalue weighted by atomic mass is 10.1. The van der Waals surface area contributed by atoms with Gasteiger partial charge in [0.1, 0.15) is 21.3 Å². The lowest BCUT2D eigenvalue weighted by molar-refractivity contribution is 0.0331. The van der Waals surface area contributed by atoms with E-state index in [1.807, 2.05) is 13.8 Å². The molecule has 0 saturated carbocycles. The molecular weight excluding hydrogens is 376 g/mol. The summed E-state index contributed by atoms with van der Waals surface area (Å²) in [4.78, 5) is 25.7. The number of nitrogens with one attached hydrogen (secondary N) is 1. The molecule has 2 aromatic heterocycles. The summed E-state index contributed by atoms with van der Waals surface area (Å²) in [5.41, 5.74) is 0.884. The highest BCUT2D eigenvalue weighted by Crippen LogP contribution is 2.35. The molecule has 7 nitrogen and oxygen atoms in total. The maximum absolute atomic E-state index is 12.4. The highest BCUT2D eigenvalue weighted by atomic mass is 32.1. The molecule has 0 amide bonds. The summed E-state index contributed by atoms with van der Waals surface area (Å²) in [7, 11) is 0. The second-order valence-electron chi connectivity index (χ2n) is 7.51. The van der Waals surface area contributed by atoms with Crippen LogP contribution in [0.1, 0.15) is 48.8 Å². The lowest BCUT2D eigenvalue weighted by Gasteiger charge is -2.26. The maximum atomic E-state index is 12.4. The van der Waals surface area contributed by atoms with Crippen LogP contribution in [0.2, 0.25) is 0 Å². The first-order valence-corrected chi connectivity index (χ1v) is 10.8. The Bertz CT molecular complexity index is 830. The molecule has 1 aliphatic heterocycles. The Hall–Kier alpha value is -1.77. The van der Waals surface area contributed by atoms with E-state index in [4.69, 9.17) is 19.4 Å². The summed E-state index contributed by atoms with van der Waals surface area (Å²) in [5.74, 6) is 1.74. The summed E-state index contributed by atoms with van der Waals surface area (Å²) in [6.07, 6.45) is 0. The number of aromatic nitrogens is 2. The second kappa shape index (κ2) is 9.15. The second-order valence-corrected chi connectivity index (χ2v) is 8.51. The molecule has 0 aromatic carbocycles. The third-order valence-electron chi connectivity index (χ3n) is 5.13. The van der Waals surface area contributed by atoms with Crippen LogP contribution in [-0.2, 0) is 16.0 Å². The van der Waals surface area contributed by atoms with Crippen LogP contribution in [-0.4, -0.2) is 59.8 Å². The number of esters is 1. The number of carbonyl (C=O) groups excluding carboxylic acids is 1. The van der Waals surface area contributed by atoms with Gasteiger partial charge in [-0.1, -0.05) is 13.8 Å². The number of anilines is 1. The molecule has 0 bridgehead atoms. The van der Waals surface area contributed by atoms with Crippen molar-refractivity contribution in [3.8, 4) is 0 Å². The van der Waals surface area contributed by atoms with Gasteiger partial charge < -0.3 is 14.8 Å². The van der Waals surface area contributed by atoms with E-state index in [9.17, 15) is 4.79 Å². The van der Waals surface area contributed by atoms with E-state index < -0.39 is 0 Å². The van der Waals surface area contributed by atoms with Gasteiger partial charge in [0, 0.05) is 19.1 Å². The molecule has 2 aromatic rings. The van der Waals surface area contributed by atoms with Crippen molar-refractivity contribution in [3.63, 3.8) is 0 Å². The third-order valence-corrected chi connectivity index (χ3v) is 6.30. The van der Waals surface area contributed by atoms with Crippen LogP contribution in [0.3, 0.4) is 0 Å². The number of hydrogen-bond donors (Lipinski definition) is 1. The van der Waals surface area contributed by atoms with E-state index in [2.05, 4.69) is 31.0 Å². The quantitative estimate of drug-likeness (QED) is 0.706. The van der Waals surface area contributed by atoms with Crippen molar-refractivity contribution in [2.24, 2.45) is 5.92 Å². The minimum Gasteiger partial charge on any atom is -0.462 e. The van der Waals surface area contributed by atoms with Crippen molar-refractivity contribution in [1.29, 1.82) is 0 Å². The average molecular weight is 407 g/mol. The molecule has 0 unspecified atom stereocenters. The van der Waals surface area contributed by atoms with Crippen molar-refractivity contribution in [2.75, 3.05) is 38.2 Å². The standard InChI is InChI=1S/C20H30N4O3S/c1-6-27-20(25)17-13(4)16-18(21-14(5)12(2)3)22-15(23-19(16)28-17)11-24-7-9-26-10-8-24/h12,14H,6-11H2,1-5H3,(H,21,22,23)/t14-/m0/s1. The number of carbonyl (C=O) groups is 1. The molecule has 1 fully saturated rings. The zero-order chi connectivity index (χ0) is 20.3. The van der Waals surface area contributed by atoms with E-state index in [1.165, 1.54) is 11.3 Å². The summed E-state index contributed by atoms with van der Waals surface area (Å²) in [5, 5.41) is 4.47. The smallest absolute Gasteiger partial charge is 0.348 e. The minimum absolute atomic E-state index is 0.250. The molecule has 3 heterocycles. The molecular formula is C20H30N4O3S. The molecule has 1 saturated heterocycles. The first kappa shape index (κ1) is 21.0. The maximum Gasteiger partial charge on any atom is 0.348 e. The highest BCUT2D eigenvalue weighted by Gasteiger charge is 2.23. The molecule has 0 aliphatic carbocycles. The summed E-state index contributed by atoms with van der Waals surface area (Å²) in [6, 6.07) is 0.250. The fourth-order valence-electron chi connectivity index (χ4n) is 3.09. The number of morpholine rings is 1. The van der Waals surface area contributed by atoms with Gasteiger partial charge in [-0.3, -0.25) is 4.90 Å². The average Bonchev–Trinajstić information content (AvgIpc) is 2.99. The van der Waals surface area contributed by atoms with Gasteiger partial charge in [-0.2, -0.15) is 0 Å². The predicted molar refractivity (Wildman–Crippen MR) is 112 cm³/mol. The van der Waals surface area contributed by atoms with Crippen molar-refractivity contribution in [1.82, 2.24) is 14.9 Å². The number of rotatable bonds is 7. The van der Waals surface area contributed by atoms with Crippen molar-refractivity contribution in [2.45, 2.75) is 47.2 Å². The molecule has 3 rings (SSSR count). The minimum atomic E-state index is -0.291. The summed E-state index contributed by atoms with van der Waals surface area (Å²) < 4.78 is 10.7. The van der Waals surface area contributed by atoms with Crippen LogP contribution >= 0.6 is 11.3 Å². The Morgan fingerprint density at radius 1 is 1.29 bits per heavy atom. The van der Waals surface area contributed by atoms with Crippen LogP contribution < -0.4 is 5.32 Å². The topological polar surface area (TPSA) is 76.6 Å². The van der Waals surface area contributed by atoms with E-state index in [1.54, 1.807) is 0 Å². The summed E-state index contributed by atoms with van der Waals surface area (Å²) in [6.45, 7) is 14.5. The molecule has 8 heteroatoms. The molecule has 28 heavy (non-hydrogen) atoms. The number of nitrogens with zero attached hydrogens (tertiary/aromatic N) is 3. The Labute approximate surface area is 170 Å². The normalized spacial score (nSPS) is 16.5. The van der Waals surface area contributed by atoms with Gasteiger partial charge in [-0.05, 0) is 32.3 Å². The van der Waals surface area contributed by atoms with E-state index in [0.717, 1.165) is 53.7 Å². The third kappa shape index (κ3) is 4.61. The van der Waals surface area contributed by atoms with Gasteiger partial charge in [0.25, 0.3) is 0 Å². The van der Waals surface area contributed by atoms with E-state index in [-0.39, 0.29) is 12.0 Å². The van der Waals surface area contributed by atoms with Gasteiger partial charge in [0.05, 0.1) is 31.8 Å². The summed E-state index contributed by atoms with van der Waals surface area (Å²) >= 11 is 1.39. The first-order chi connectivity index (χ1) is 13.4. The molecule has 1 N–H and O–H groups in total. The van der Waals surface area contributed by atoms with Gasteiger partial charge in [0.15, 0.2) is 0 Å². The lowest BCUT2D eigenvalue weighted by Crippen LogP contribution is -2.36. The molecule has 1 atom stereocenters. The van der Waals surface area contributed by atoms with Crippen LogP contribution in [0.25, 0.3) is 10.2 Å². The molecule has 0 spiro atoms. The van der Waals surface area contributed by atoms with Gasteiger partial charge in [-0.25, -0.2) is 14.8 Å². The van der Waals surface area contributed by atoms with E-state index >= 15 is 0 Å². The van der Waals surface area contributed by atoms with Gasteiger partial charge >= 0.3 is 5.97 Å². The Morgan fingerprint density at radius 2 is 2.00 bits per heavy atom. The number of ether oxygens (including phenoxy) is 2. The Kier molecular flexibility index (Phi) is 6.85. The van der Waals surface area contributed by atoms with E-state index in [0.29, 0.717) is 23.9 Å². The van der Waals surface area contributed by atoms with Crippen molar-refractivity contribution < 1.29 is 14.3 Å². The largest absolute Gasteiger partial charge is 0.462 e. The van der Waals surface area contributed by atoms with Crippen molar-refractivity contribution >= 4 is 33.3 Å². The fraction of sp³-hybridized carbons (Fsp3) is 0.650. The molecule has 0 radical (unpaired) electrons. The zero-order valence-corrected chi connectivity index (χ0v) is 18.2. The number of aryl methyl sites for hydroxylation is 1. The van der Waals surface area contributed by atoms with Crippen molar-refractivity contribution in [3.05, 3.63) is 16.3 Å². The first-order valence-electron chi connectivity index (χ1n) is 9.94. The highest BCUT2D eigenvalue weighted by molar-refractivity contribution is 7.20. The Balaban J connectivity index is 2.01. The predicted octanol–water partition coefficient (Wildman–Crippen LogP) is 3.47. The van der Waals surface area contributed by atoms with Crippen LogP contribution in [0.4, 0.5) is 5.82 Å².